The standard InChI is InChI=1S/C20H21FN2O2/c1-2-25-19-8-7-14(11-17(19)21)9-10-22-20(24)12-15-13-23-18-6-4-3-5-16(15)18/h3-8,11,13,23H,2,9-10,12H2,1H3,(H,22,24). The third kappa shape index (κ3) is 4.18. The number of nitrogens with one attached hydrogen (secondary N) is 2. The first-order valence-corrected chi connectivity index (χ1v) is 8.40. The summed E-state index contributed by atoms with van der Waals surface area (Å²) in [5.41, 5.74) is 2.82. The smallest absolute Gasteiger partial charge is 0.224 e. The maximum atomic E-state index is 13.8. The SMILES string of the molecule is CCOc1ccc(CCNC(=O)Cc2c[nH]c3ccccc23)cc1F. The Balaban J connectivity index is 1.52. The van der Waals surface area contributed by atoms with E-state index in [1.807, 2.05) is 43.5 Å². The van der Waals surface area contributed by atoms with E-state index in [-0.39, 0.29) is 17.5 Å². The Hall–Kier alpha value is -2.82. The van der Waals surface area contributed by atoms with E-state index in [0.29, 0.717) is 26.0 Å². The van der Waals surface area contributed by atoms with Crippen LogP contribution in [0.4, 0.5) is 4.39 Å². The van der Waals surface area contributed by atoms with Crippen LogP contribution in [0.1, 0.15) is 18.1 Å². The number of ether oxygens (including phenoxy) is 1. The Morgan fingerprint density at radius 1 is 1.24 bits per heavy atom. The summed E-state index contributed by atoms with van der Waals surface area (Å²) in [4.78, 5) is 15.3. The van der Waals surface area contributed by atoms with Gasteiger partial charge in [0, 0.05) is 23.6 Å². The molecule has 4 nitrogen and oxygen atoms in total. The summed E-state index contributed by atoms with van der Waals surface area (Å²) in [6, 6.07) is 12.8. The maximum absolute atomic E-state index is 13.8. The molecule has 1 aromatic heterocycles. The minimum Gasteiger partial charge on any atom is -0.491 e. The van der Waals surface area contributed by atoms with Gasteiger partial charge in [-0.3, -0.25) is 4.79 Å². The molecule has 1 heterocycles. The highest BCUT2D eigenvalue weighted by Gasteiger charge is 2.09. The minimum atomic E-state index is -0.371. The molecule has 130 valence electrons. The van der Waals surface area contributed by atoms with E-state index in [0.717, 1.165) is 22.0 Å². The van der Waals surface area contributed by atoms with Crippen LogP contribution in [0.2, 0.25) is 0 Å². The largest absolute Gasteiger partial charge is 0.491 e. The first kappa shape index (κ1) is 17.0. The van der Waals surface area contributed by atoms with Crippen molar-refractivity contribution in [3.63, 3.8) is 0 Å². The van der Waals surface area contributed by atoms with Gasteiger partial charge in [0.25, 0.3) is 0 Å². The fourth-order valence-corrected chi connectivity index (χ4v) is 2.83. The number of carbonyl (C=O) groups is 1. The van der Waals surface area contributed by atoms with E-state index < -0.39 is 0 Å². The number of hydrogen-bond acceptors (Lipinski definition) is 2. The average molecular weight is 340 g/mol. The summed E-state index contributed by atoms with van der Waals surface area (Å²) >= 11 is 0. The molecular weight excluding hydrogens is 319 g/mol. The van der Waals surface area contributed by atoms with Gasteiger partial charge in [-0.05, 0) is 42.7 Å². The van der Waals surface area contributed by atoms with E-state index in [1.54, 1.807) is 6.07 Å². The molecule has 0 aliphatic rings. The van der Waals surface area contributed by atoms with Crippen LogP contribution in [-0.4, -0.2) is 24.0 Å². The summed E-state index contributed by atoms with van der Waals surface area (Å²) in [6.07, 6.45) is 2.76. The number of fused-ring (bicyclic) bond motifs is 1. The van der Waals surface area contributed by atoms with Gasteiger partial charge in [0.05, 0.1) is 13.0 Å². The van der Waals surface area contributed by atoms with E-state index in [1.165, 1.54) is 6.07 Å². The molecule has 0 saturated heterocycles. The normalized spacial score (nSPS) is 10.8. The summed E-state index contributed by atoms with van der Waals surface area (Å²) in [6.45, 7) is 2.71. The van der Waals surface area contributed by atoms with Gasteiger partial charge < -0.3 is 15.0 Å². The van der Waals surface area contributed by atoms with Crippen LogP contribution in [-0.2, 0) is 17.6 Å². The number of hydrogen-bond donors (Lipinski definition) is 2. The molecule has 25 heavy (non-hydrogen) atoms. The van der Waals surface area contributed by atoms with Gasteiger partial charge in [-0.15, -0.1) is 0 Å². The van der Waals surface area contributed by atoms with Gasteiger partial charge in [0.2, 0.25) is 5.91 Å². The van der Waals surface area contributed by atoms with Crippen LogP contribution in [0.15, 0.2) is 48.7 Å². The summed E-state index contributed by atoms with van der Waals surface area (Å²) in [5.74, 6) is -0.157. The lowest BCUT2D eigenvalue weighted by molar-refractivity contribution is -0.120. The number of carbonyl (C=O) groups excluding carboxylic acids is 1. The quantitative estimate of drug-likeness (QED) is 0.690. The predicted octanol–water partition coefficient (Wildman–Crippen LogP) is 3.61. The fraction of sp³-hybridized carbons (Fsp3) is 0.250. The van der Waals surface area contributed by atoms with Gasteiger partial charge in [-0.25, -0.2) is 4.39 Å². The van der Waals surface area contributed by atoms with Crippen molar-refractivity contribution in [1.82, 2.24) is 10.3 Å². The molecule has 1 amide bonds. The number of benzene rings is 2. The Kier molecular flexibility index (Phi) is 5.33. The van der Waals surface area contributed by atoms with Crippen LogP contribution in [0.5, 0.6) is 5.75 Å². The second-order valence-corrected chi connectivity index (χ2v) is 5.83. The van der Waals surface area contributed by atoms with Crippen molar-refractivity contribution in [2.75, 3.05) is 13.2 Å². The third-order valence-corrected chi connectivity index (χ3v) is 4.06. The second kappa shape index (κ2) is 7.83. The monoisotopic (exact) mass is 340 g/mol. The lowest BCUT2D eigenvalue weighted by Crippen LogP contribution is -2.27. The number of aromatic nitrogens is 1. The molecule has 2 N–H and O–H groups in total. The van der Waals surface area contributed by atoms with Crippen molar-refractivity contribution in [2.24, 2.45) is 0 Å². The molecule has 0 saturated carbocycles. The Morgan fingerprint density at radius 2 is 2.08 bits per heavy atom. The molecule has 0 radical (unpaired) electrons. The minimum absolute atomic E-state index is 0.0452. The fourth-order valence-electron chi connectivity index (χ4n) is 2.83. The summed E-state index contributed by atoms with van der Waals surface area (Å²) in [5, 5.41) is 3.95. The molecule has 3 rings (SSSR count). The van der Waals surface area contributed by atoms with E-state index in [2.05, 4.69) is 10.3 Å². The highest BCUT2D eigenvalue weighted by molar-refractivity contribution is 5.88. The van der Waals surface area contributed by atoms with Crippen molar-refractivity contribution >= 4 is 16.8 Å². The zero-order valence-corrected chi connectivity index (χ0v) is 14.1. The number of aromatic amines is 1. The number of para-hydroxylation sites is 1. The molecule has 0 aliphatic heterocycles. The third-order valence-electron chi connectivity index (χ3n) is 4.06. The van der Waals surface area contributed by atoms with Gasteiger partial charge in [-0.1, -0.05) is 24.3 Å². The molecule has 2 aromatic carbocycles. The molecule has 0 spiro atoms. The predicted molar refractivity (Wildman–Crippen MR) is 96.3 cm³/mol. The number of rotatable bonds is 7. The highest BCUT2D eigenvalue weighted by atomic mass is 19.1. The molecule has 0 aliphatic carbocycles. The zero-order chi connectivity index (χ0) is 17.6. The molecule has 0 bridgehead atoms. The van der Waals surface area contributed by atoms with Gasteiger partial charge in [-0.2, -0.15) is 0 Å². The second-order valence-electron chi connectivity index (χ2n) is 5.83. The summed E-state index contributed by atoms with van der Waals surface area (Å²) < 4.78 is 19.0. The molecule has 0 fully saturated rings. The molecular formula is C20H21FN2O2. The van der Waals surface area contributed by atoms with Crippen molar-refractivity contribution < 1.29 is 13.9 Å². The van der Waals surface area contributed by atoms with Crippen molar-refractivity contribution in [2.45, 2.75) is 19.8 Å². The van der Waals surface area contributed by atoms with E-state index in [4.69, 9.17) is 4.74 Å². The van der Waals surface area contributed by atoms with Crippen LogP contribution >= 0.6 is 0 Å². The lowest BCUT2D eigenvalue weighted by Gasteiger charge is -2.08. The van der Waals surface area contributed by atoms with Crippen LogP contribution in [0, 0.1) is 5.82 Å². The van der Waals surface area contributed by atoms with Gasteiger partial charge in [0.15, 0.2) is 11.6 Å². The Bertz CT molecular complexity index is 873. The van der Waals surface area contributed by atoms with Crippen molar-refractivity contribution in [3.8, 4) is 5.75 Å². The number of halogens is 1. The number of amides is 1. The van der Waals surface area contributed by atoms with Crippen LogP contribution < -0.4 is 10.1 Å². The topological polar surface area (TPSA) is 54.1 Å². The van der Waals surface area contributed by atoms with Crippen molar-refractivity contribution in [3.05, 3.63) is 65.6 Å². The molecule has 0 unspecified atom stereocenters. The zero-order valence-electron chi connectivity index (χ0n) is 14.1. The summed E-state index contributed by atoms with van der Waals surface area (Å²) in [7, 11) is 0. The van der Waals surface area contributed by atoms with Gasteiger partial charge in [0.1, 0.15) is 0 Å². The highest BCUT2D eigenvalue weighted by Crippen LogP contribution is 2.19. The first-order valence-electron chi connectivity index (χ1n) is 8.40. The molecule has 3 aromatic rings. The Morgan fingerprint density at radius 3 is 2.88 bits per heavy atom. The van der Waals surface area contributed by atoms with E-state index >= 15 is 0 Å². The molecule has 0 atom stereocenters. The van der Waals surface area contributed by atoms with Crippen LogP contribution in [0.3, 0.4) is 0 Å². The lowest BCUT2D eigenvalue weighted by atomic mass is 10.1. The maximum Gasteiger partial charge on any atom is 0.224 e. The van der Waals surface area contributed by atoms with Gasteiger partial charge >= 0.3 is 0 Å². The first-order chi connectivity index (χ1) is 12.2. The van der Waals surface area contributed by atoms with E-state index in [9.17, 15) is 9.18 Å². The average Bonchev–Trinajstić information content (AvgIpc) is 3.00. The molecule has 5 heteroatoms. The Labute approximate surface area is 146 Å². The van der Waals surface area contributed by atoms with Crippen LogP contribution in [0.25, 0.3) is 10.9 Å². The number of H-pyrrole nitrogens is 1. The van der Waals surface area contributed by atoms with Crippen molar-refractivity contribution in [1.29, 1.82) is 0 Å².